The molecule has 0 fully saturated rings. The molecule has 98 valence electrons. The van der Waals surface area contributed by atoms with Crippen LogP contribution >= 0.6 is 0 Å². The first-order chi connectivity index (χ1) is 7.34. The molecule has 2 unspecified atom stereocenters. The van der Waals surface area contributed by atoms with Crippen molar-refractivity contribution in [2.45, 2.75) is 52.1 Å². The van der Waals surface area contributed by atoms with E-state index in [1.807, 2.05) is 7.05 Å². The minimum absolute atomic E-state index is 0.147. The van der Waals surface area contributed by atoms with Gasteiger partial charge in [-0.25, -0.2) is 0 Å². The average Bonchev–Trinajstić information content (AvgIpc) is 2.24. The zero-order valence-corrected chi connectivity index (χ0v) is 11.9. The van der Waals surface area contributed by atoms with Gasteiger partial charge in [-0.2, -0.15) is 0 Å². The van der Waals surface area contributed by atoms with Crippen LogP contribution in [0.2, 0.25) is 0 Å². The van der Waals surface area contributed by atoms with Gasteiger partial charge in [0.05, 0.1) is 6.61 Å². The summed E-state index contributed by atoms with van der Waals surface area (Å²) in [5.74, 6) is 0.742. The van der Waals surface area contributed by atoms with Crippen molar-refractivity contribution in [3.05, 3.63) is 0 Å². The van der Waals surface area contributed by atoms with Crippen LogP contribution in [0.5, 0.6) is 0 Å². The van der Waals surface area contributed by atoms with Gasteiger partial charge in [-0.1, -0.05) is 13.8 Å². The maximum absolute atomic E-state index is 9.30. The molecule has 2 N–H and O–H groups in total. The summed E-state index contributed by atoms with van der Waals surface area (Å²) in [5.41, 5.74) is -0.147. The van der Waals surface area contributed by atoms with Crippen molar-refractivity contribution in [1.82, 2.24) is 10.2 Å². The predicted molar refractivity (Wildman–Crippen MR) is 70.7 cm³/mol. The minimum atomic E-state index is -0.147. The molecule has 16 heavy (non-hydrogen) atoms. The van der Waals surface area contributed by atoms with Crippen LogP contribution in [0, 0.1) is 5.92 Å². The lowest BCUT2D eigenvalue weighted by Gasteiger charge is -2.32. The van der Waals surface area contributed by atoms with E-state index in [2.05, 4.69) is 45.0 Å². The fourth-order valence-corrected chi connectivity index (χ4v) is 1.79. The van der Waals surface area contributed by atoms with E-state index in [0.29, 0.717) is 6.04 Å². The molecule has 0 rings (SSSR count). The molecule has 2 atom stereocenters. The number of hydrogen-bond acceptors (Lipinski definition) is 3. The van der Waals surface area contributed by atoms with Crippen molar-refractivity contribution in [1.29, 1.82) is 0 Å². The van der Waals surface area contributed by atoms with Gasteiger partial charge in [0.1, 0.15) is 0 Å². The van der Waals surface area contributed by atoms with Crippen LogP contribution in [-0.4, -0.2) is 48.8 Å². The van der Waals surface area contributed by atoms with E-state index in [4.69, 9.17) is 0 Å². The second kappa shape index (κ2) is 7.25. The molecule has 0 aliphatic carbocycles. The highest BCUT2D eigenvalue weighted by Crippen LogP contribution is 2.13. The quantitative estimate of drug-likeness (QED) is 0.666. The lowest BCUT2D eigenvalue weighted by molar-refractivity contribution is 0.144. The maximum Gasteiger partial charge on any atom is 0.0610 e. The summed E-state index contributed by atoms with van der Waals surface area (Å²) in [6.45, 7) is 10.1. The Balaban J connectivity index is 4.00. The molecule has 0 saturated carbocycles. The minimum Gasteiger partial charge on any atom is -0.394 e. The molecule has 3 nitrogen and oxygen atoms in total. The van der Waals surface area contributed by atoms with Crippen molar-refractivity contribution in [3.63, 3.8) is 0 Å². The van der Waals surface area contributed by atoms with Crippen molar-refractivity contribution in [2.75, 3.05) is 27.2 Å². The lowest BCUT2D eigenvalue weighted by Crippen LogP contribution is -2.46. The highest BCUT2D eigenvalue weighted by atomic mass is 16.3. The Kier molecular flexibility index (Phi) is 7.20. The van der Waals surface area contributed by atoms with Gasteiger partial charge in [-0.05, 0) is 53.2 Å². The Labute approximate surface area is 101 Å². The summed E-state index contributed by atoms with van der Waals surface area (Å²) in [7, 11) is 4.08. The summed E-state index contributed by atoms with van der Waals surface area (Å²) in [5, 5.41) is 12.5. The van der Waals surface area contributed by atoms with Gasteiger partial charge in [-0.15, -0.1) is 0 Å². The molecule has 0 spiro atoms. The van der Waals surface area contributed by atoms with Gasteiger partial charge in [0.25, 0.3) is 0 Å². The predicted octanol–water partition coefficient (Wildman–Crippen LogP) is 1.71. The Morgan fingerprint density at radius 1 is 1.31 bits per heavy atom. The fourth-order valence-electron chi connectivity index (χ4n) is 1.79. The van der Waals surface area contributed by atoms with E-state index in [1.165, 1.54) is 6.42 Å². The highest BCUT2D eigenvalue weighted by Gasteiger charge is 2.22. The van der Waals surface area contributed by atoms with Gasteiger partial charge in [-0.3, -0.25) is 0 Å². The van der Waals surface area contributed by atoms with Gasteiger partial charge in [0.2, 0.25) is 0 Å². The molecule has 0 amide bonds. The van der Waals surface area contributed by atoms with Crippen molar-refractivity contribution in [3.8, 4) is 0 Å². The van der Waals surface area contributed by atoms with Crippen LogP contribution in [0.25, 0.3) is 0 Å². The molecular formula is C13H30N2O. The average molecular weight is 230 g/mol. The van der Waals surface area contributed by atoms with Crippen LogP contribution in [0.1, 0.15) is 40.5 Å². The largest absolute Gasteiger partial charge is 0.394 e. The molecule has 0 bridgehead atoms. The fraction of sp³-hybridized carbons (Fsp3) is 1.00. The second-order valence-corrected chi connectivity index (χ2v) is 5.68. The molecule has 0 radical (unpaired) electrons. The third-order valence-corrected chi connectivity index (χ3v) is 3.53. The Bertz CT molecular complexity index is 179. The summed E-state index contributed by atoms with van der Waals surface area (Å²) >= 11 is 0. The van der Waals surface area contributed by atoms with Gasteiger partial charge in [0, 0.05) is 11.6 Å². The summed E-state index contributed by atoms with van der Waals surface area (Å²) in [6, 6.07) is 0.611. The number of nitrogens with zero attached hydrogens (tertiary/aromatic N) is 1. The summed E-state index contributed by atoms with van der Waals surface area (Å²) in [4.78, 5) is 2.38. The van der Waals surface area contributed by atoms with Crippen molar-refractivity contribution in [2.24, 2.45) is 5.92 Å². The van der Waals surface area contributed by atoms with Gasteiger partial charge in [0.15, 0.2) is 0 Å². The van der Waals surface area contributed by atoms with Crippen molar-refractivity contribution < 1.29 is 5.11 Å². The summed E-state index contributed by atoms with van der Waals surface area (Å²) < 4.78 is 0. The number of aliphatic hydroxyl groups is 1. The van der Waals surface area contributed by atoms with Crippen LogP contribution in [0.15, 0.2) is 0 Å². The molecule has 3 heteroatoms. The normalized spacial score (nSPS) is 17.8. The maximum atomic E-state index is 9.30. The van der Waals surface area contributed by atoms with Crippen LogP contribution in [0.4, 0.5) is 0 Å². The topological polar surface area (TPSA) is 35.5 Å². The Morgan fingerprint density at radius 3 is 2.25 bits per heavy atom. The number of nitrogens with one attached hydrogen (secondary N) is 1. The van der Waals surface area contributed by atoms with E-state index in [1.54, 1.807) is 0 Å². The van der Waals surface area contributed by atoms with Crippen LogP contribution in [-0.2, 0) is 0 Å². The van der Waals surface area contributed by atoms with E-state index in [0.717, 1.165) is 18.9 Å². The molecule has 0 aliphatic heterocycles. The van der Waals surface area contributed by atoms with Crippen LogP contribution in [0.3, 0.4) is 0 Å². The van der Waals surface area contributed by atoms with Crippen molar-refractivity contribution >= 4 is 0 Å². The first kappa shape index (κ1) is 15.9. The molecular weight excluding hydrogens is 200 g/mol. The van der Waals surface area contributed by atoms with Crippen LogP contribution < -0.4 is 5.32 Å². The van der Waals surface area contributed by atoms with E-state index < -0.39 is 0 Å². The van der Waals surface area contributed by atoms with E-state index >= 15 is 0 Å². The molecule has 0 saturated heterocycles. The van der Waals surface area contributed by atoms with Gasteiger partial charge < -0.3 is 15.3 Å². The molecule has 0 aromatic rings. The standard InChI is InChI=1S/C13H30N2O/c1-11(2)9-12(3)15(6)8-7-13(4,10-16)14-5/h11-12,14,16H,7-10H2,1-6H3. The second-order valence-electron chi connectivity index (χ2n) is 5.68. The number of likely N-dealkylation sites (N-methyl/N-ethyl adjacent to an activating group) is 1. The third-order valence-electron chi connectivity index (χ3n) is 3.53. The first-order valence-electron chi connectivity index (χ1n) is 6.34. The smallest absolute Gasteiger partial charge is 0.0610 e. The zero-order chi connectivity index (χ0) is 12.8. The molecule has 0 aromatic heterocycles. The Morgan fingerprint density at radius 2 is 1.88 bits per heavy atom. The highest BCUT2D eigenvalue weighted by molar-refractivity contribution is 4.82. The summed E-state index contributed by atoms with van der Waals surface area (Å²) in [6.07, 6.45) is 2.20. The number of aliphatic hydroxyl groups excluding tert-OH is 1. The molecule has 0 aromatic carbocycles. The molecule has 0 heterocycles. The van der Waals surface area contributed by atoms with Gasteiger partial charge >= 0.3 is 0 Å². The SMILES string of the molecule is CNC(C)(CO)CCN(C)C(C)CC(C)C. The van der Waals surface area contributed by atoms with E-state index in [9.17, 15) is 5.11 Å². The monoisotopic (exact) mass is 230 g/mol. The molecule has 0 aliphatic rings. The first-order valence-corrected chi connectivity index (χ1v) is 6.34. The number of hydrogen-bond donors (Lipinski definition) is 2. The lowest BCUT2D eigenvalue weighted by atomic mass is 9.98. The Hall–Kier alpha value is -0.120. The third kappa shape index (κ3) is 5.83. The van der Waals surface area contributed by atoms with E-state index in [-0.39, 0.29) is 12.1 Å². The zero-order valence-electron chi connectivity index (χ0n) is 11.9. The number of rotatable bonds is 8.